The maximum Gasteiger partial charge on any atom is 0.410 e. The van der Waals surface area contributed by atoms with E-state index in [-0.39, 0.29) is 70.2 Å². The van der Waals surface area contributed by atoms with Crippen molar-refractivity contribution in [2.75, 3.05) is 53.1 Å². The molecule has 1 aliphatic heterocycles. The van der Waals surface area contributed by atoms with E-state index >= 15 is 0 Å². The fraction of sp³-hybridized carbons (Fsp3) is 0.828. The molecule has 0 aromatic rings. The Bertz CT molecular complexity index is 904. The molecular weight excluding hydrogens is 550 g/mol. The van der Waals surface area contributed by atoms with Gasteiger partial charge < -0.3 is 38.8 Å². The summed E-state index contributed by atoms with van der Waals surface area (Å²) in [5.41, 5.74) is -1.15. The molecule has 1 heterocycles. The first-order valence-electron chi connectivity index (χ1n) is 14.5. The van der Waals surface area contributed by atoms with Crippen molar-refractivity contribution in [2.45, 2.75) is 104 Å². The van der Waals surface area contributed by atoms with Crippen molar-refractivity contribution in [3.05, 3.63) is 0 Å². The van der Waals surface area contributed by atoms with Gasteiger partial charge in [0, 0.05) is 45.6 Å². The highest BCUT2D eigenvalue weighted by Gasteiger charge is 2.32. The minimum Gasteiger partial charge on any atom is -0.480 e. The van der Waals surface area contributed by atoms with Gasteiger partial charge in [0.05, 0.1) is 32.8 Å². The predicted octanol–water partition coefficient (Wildman–Crippen LogP) is 2.69. The van der Waals surface area contributed by atoms with Gasteiger partial charge in [-0.2, -0.15) is 0 Å². The average molecular weight is 602 g/mol. The van der Waals surface area contributed by atoms with Crippen LogP contribution in [0.15, 0.2) is 0 Å². The molecule has 13 nitrogen and oxygen atoms in total. The maximum atomic E-state index is 13.3. The standard InChI is InChI=1S/C29H51N3O10/c1-21(26(36)37)30(8)23(33)9-10-24(34)32(22-11-14-31(15-12-22)27(38)42-29(5,6)7)16-18-40-20-19-39-17-13-25(35)41-28(2,3)4/h21-22H,9-20H2,1-8H3,(H,36,37)/t21-/m0/s1. The zero-order valence-corrected chi connectivity index (χ0v) is 26.6. The molecule has 1 saturated heterocycles. The average Bonchev–Trinajstić information content (AvgIpc) is 2.87. The van der Waals surface area contributed by atoms with Crippen molar-refractivity contribution >= 4 is 29.8 Å². The van der Waals surface area contributed by atoms with Gasteiger partial charge in [-0.3, -0.25) is 14.4 Å². The summed E-state index contributed by atoms with van der Waals surface area (Å²) in [4.78, 5) is 65.6. The van der Waals surface area contributed by atoms with E-state index in [2.05, 4.69) is 0 Å². The summed E-state index contributed by atoms with van der Waals surface area (Å²) in [5.74, 6) is -2.13. The number of carbonyl (C=O) groups excluding carboxylic acids is 4. The summed E-state index contributed by atoms with van der Waals surface area (Å²) in [5, 5.41) is 9.16. The summed E-state index contributed by atoms with van der Waals surface area (Å²) in [6.07, 6.45) is 0.642. The Labute approximate surface area is 249 Å². The van der Waals surface area contributed by atoms with Crippen LogP contribution in [-0.2, 0) is 38.1 Å². The minimum atomic E-state index is -1.12. The molecule has 242 valence electrons. The van der Waals surface area contributed by atoms with Crippen molar-refractivity contribution in [2.24, 2.45) is 0 Å². The molecule has 0 radical (unpaired) electrons. The number of carboxylic acids is 1. The van der Waals surface area contributed by atoms with Gasteiger partial charge >= 0.3 is 18.0 Å². The van der Waals surface area contributed by atoms with Crippen molar-refractivity contribution in [3.8, 4) is 0 Å². The lowest BCUT2D eigenvalue weighted by Crippen LogP contribution is -2.50. The Morgan fingerprint density at radius 3 is 1.86 bits per heavy atom. The van der Waals surface area contributed by atoms with Gasteiger partial charge in [0.1, 0.15) is 17.2 Å². The van der Waals surface area contributed by atoms with Crippen LogP contribution in [0, 0.1) is 0 Å². The van der Waals surface area contributed by atoms with Crippen LogP contribution in [0.25, 0.3) is 0 Å². The van der Waals surface area contributed by atoms with Crippen molar-refractivity contribution in [1.29, 1.82) is 0 Å². The molecule has 0 saturated carbocycles. The van der Waals surface area contributed by atoms with E-state index in [0.29, 0.717) is 25.9 Å². The van der Waals surface area contributed by atoms with E-state index in [4.69, 9.17) is 24.1 Å². The number of carboxylic acid groups (broad SMARTS) is 1. The lowest BCUT2D eigenvalue weighted by molar-refractivity contribution is -0.156. The summed E-state index contributed by atoms with van der Waals surface area (Å²) in [7, 11) is 1.40. The fourth-order valence-electron chi connectivity index (χ4n) is 4.15. The number of rotatable bonds is 15. The highest BCUT2D eigenvalue weighted by atomic mass is 16.6. The predicted molar refractivity (Wildman–Crippen MR) is 154 cm³/mol. The quantitative estimate of drug-likeness (QED) is 0.219. The van der Waals surface area contributed by atoms with Crippen LogP contribution in [0.4, 0.5) is 4.79 Å². The van der Waals surface area contributed by atoms with Crippen LogP contribution in [-0.4, -0.2) is 126 Å². The second-order valence-corrected chi connectivity index (χ2v) is 12.4. The molecule has 13 heteroatoms. The molecule has 1 atom stereocenters. The highest BCUT2D eigenvalue weighted by molar-refractivity contribution is 5.86. The number of amides is 3. The maximum absolute atomic E-state index is 13.3. The molecule has 1 fully saturated rings. The van der Waals surface area contributed by atoms with Crippen LogP contribution >= 0.6 is 0 Å². The normalized spacial score (nSPS) is 15.1. The lowest BCUT2D eigenvalue weighted by Gasteiger charge is -2.39. The molecular formula is C29H51N3O10. The Morgan fingerprint density at radius 2 is 1.33 bits per heavy atom. The number of aliphatic carboxylic acids is 1. The largest absolute Gasteiger partial charge is 0.480 e. The van der Waals surface area contributed by atoms with E-state index in [9.17, 15) is 24.0 Å². The molecule has 1 rings (SSSR count). The lowest BCUT2D eigenvalue weighted by atomic mass is 10.0. The van der Waals surface area contributed by atoms with Crippen molar-refractivity contribution < 1.29 is 48.0 Å². The minimum absolute atomic E-state index is 0.0738. The first kappa shape index (κ1) is 37.1. The summed E-state index contributed by atoms with van der Waals surface area (Å²) in [6, 6.07) is -1.16. The number of hydrogen-bond acceptors (Lipinski definition) is 9. The molecule has 0 spiro atoms. The molecule has 42 heavy (non-hydrogen) atoms. The van der Waals surface area contributed by atoms with Gasteiger partial charge in [-0.15, -0.1) is 0 Å². The van der Waals surface area contributed by atoms with Crippen LogP contribution in [0.3, 0.4) is 0 Å². The monoisotopic (exact) mass is 601 g/mol. The van der Waals surface area contributed by atoms with Gasteiger partial charge in [-0.05, 0) is 61.3 Å². The van der Waals surface area contributed by atoms with Gasteiger partial charge in [-0.1, -0.05) is 0 Å². The number of carbonyl (C=O) groups is 5. The van der Waals surface area contributed by atoms with Crippen LogP contribution < -0.4 is 0 Å². The number of likely N-dealkylation sites (N-methyl/N-ethyl adjacent to an activating group) is 1. The molecule has 0 aromatic heterocycles. The zero-order chi connectivity index (χ0) is 32.1. The summed E-state index contributed by atoms with van der Waals surface area (Å²) >= 11 is 0. The van der Waals surface area contributed by atoms with Gasteiger partial charge in [0.25, 0.3) is 0 Å². The second-order valence-electron chi connectivity index (χ2n) is 12.4. The van der Waals surface area contributed by atoms with Gasteiger partial charge in [0.2, 0.25) is 11.8 Å². The number of hydrogen-bond donors (Lipinski definition) is 1. The highest BCUT2D eigenvalue weighted by Crippen LogP contribution is 2.20. The number of nitrogens with zero attached hydrogens (tertiary/aromatic N) is 3. The van der Waals surface area contributed by atoms with Crippen LogP contribution in [0.5, 0.6) is 0 Å². The van der Waals surface area contributed by atoms with Gasteiger partial charge in [-0.25, -0.2) is 9.59 Å². The Hall–Kier alpha value is -2.93. The Balaban J connectivity index is 2.63. The second kappa shape index (κ2) is 17.3. The van der Waals surface area contributed by atoms with Gasteiger partial charge in [0.15, 0.2) is 0 Å². The fourth-order valence-corrected chi connectivity index (χ4v) is 4.15. The third kappa shape index (κ3) is 14.8. The van der Waals surface area contributed by atoms with E-state index in [1.165, 1.54) is 14.0 Å². The summed E-state index contributed by atoms with van der Waals surface area (Å²) in [6.45, 7) is 14.3. The Kier molecular flexibility index (Phi) is 15.2. The third-order valence-electron chi connectivity index (χ3n) is 6.48. The number of ether oxygens (including phenoxy) is 4. The zero-order valence-electron chi connectivity index (χ0n) is 26.6. The van der Waals surface area contributed by atoms with E-state index in [1.54, 1.807) is 51.3 Å². The number of likely N-dealkylation sites (tertiary alicyclic amines) is 1. The Morgan fingerprint density at radius 1 is 0.810 bits per heavy atom. The van der Waals surface area contributed by atoms with Crippen molar-refractivity contribution in [3.63, 3.8) is 0 Å². The molecule has 1 aliphatic rings. The van der Waals surface area contributed by atoms with Crippen molar-refractivity contribution in [1.82, 2.24) is 14.7 Å². The van der Waals surface area contributed by atoms with Crippen LogP contribution in [0.1, 0.15) is 80.6 Å². The summed E-state index contributed by atoms with van der Waals surface area (Å²) < 4.78 is 21.8. The van der Waals surface area contributed by atoms with Crippen LogP contribution in [0.2, 0.25) is 0 Å². The molecule has 0 bridgehead atoms. The van der Waals surface area contributed by atoms with E-state index < -0.39 is 35.2 Å². The molecule has 3 amide bonds. The molecule has 0 aliphatic carbocycles. The third-order valence-corrected chi connectivity index (χ3v) is 6.48. The topological polar surface area (TPSA) is 152 Å². The molecule has 1 N–H and O–H groups in total. The van der Waals surface area contributed by atoms with E-state index in [1.807, 2.05) is 0 Å². The molecule has 0 aromatic carbocycles. The first-order chi connectivity index (χ1) is 19.4. The molecule has 0 unspecified atom stereocenters. The SMILES string of the molecule is C[C@@H](C(=O)O)N(C)C(=O)CCC(=O)N(CCOCCOCCC(=O)OC(C)(C)C)C1CCN(C(=O)OC(C)(C)C)CC1. The smallest absolute Gasteiger partial charge is 0.410 e. The number of piperidine rings is 1. The first-order valence-corrected chi connectivity index (χ1v) is 14.5. The number of esters is 1. The van der Waals surface area contributed by atoms with E-state index in [0.717, 1.165) is 4.90 Å².